The normalized spacial score (nSPS) is 13.9. The minimum absolute atomic E-state index is 0.0251. The van der Waals surface area contributed by atoms with Crippen molar-refractivity contribution in [1.82, 2.24) is 4.72 Å². The van der Waals surface area contributed by atoms with Crippen LogP contribution in [0.1, 0.15) is 26.3 Å². The predicted octanol–water partition coefficient (Wildman–Crippen LogP) is 2.91. The van der Waals surface area contributed by atoms with Gasteiger partial charge >= 0.3 is 0 Å². The van der Waals surface area contributed by atoms with Crippen molar-refractivity contribution >= 4 is 26.0 Å². The number of halogens is 1. The maximum Gasteiger partial charge on any atom is 0.216 e. The molecule has 0 aromatic heterocycles. The smallest absolute Gasteiger partial charge is 0.212 e. The van der Waals surface area contributed by atoms with Gasteiger partial charge in [0.05, 0.1) is 5.75 Å². The SMILES string of the molecule is CC(C)[C@H](C)NS(=O)(=O)Cc1ccc(Br)cc1. The molecular weight excluding hydrogens is 302 g/mol. The van der Waals surface area contributed by atoms with E-state index in [1.54, 1.807) is 0 Å². The lowest BCUT2D eigenvalue weighted by Gasteiger charge is -2.17. The number of benzene rings is 1. The van der Waals surface area contributed by atoms with Gasteiger partial charge in [-0.3, -0.25) is 0 Å². The standard InChI is InChI=1S/C12H18BrNO2S/c1-9(2)10(3)14-17(15,16)8-11-4-6-12(13)7-5-11/h4-7,9-10,14H,8H2,1-3H3/t10-/m0/s1. The lowest BCUT2D eigenvalue weighted by Crippen LogP contribution is -2.36. The molecule has 1 atom stereocenters. The molecule has 5 heteroatoms. The first-order chi connectivity index (χ1) is 7.80. The van der Waals surface area contributed by atoms with E-state index in [1.165, 1.54) is 0 Å². The molecule has 1 aromatic carbocycles. The van der Waals surface area contributed by atoms with E-state index in [-0.39, 0.29) is 17.7 Å². The van der Waals surface area contributed by atoms with Gasteiger partial charge < -0.3 is 0 Å². The lowest BCUT2D eigenvalue weighted by atomic mass is 10.1. The van der Waals surface area contributed by atoms with Crippen LogP contribution in [0.25, 0.3) is 0 Å². The first-order valence-electron chi connectivity index (χ1n) is 5.54. The third-order valence-electron chi connectivity index (χ3n) is 2.64. The van der Waals surface area contributed by atoms with Gasteiger partial charge in [0.2, 0.25) is 10.0 Å². The zero-order chi connectivity index (χ0) is 13.1. The van der Waals surface area contributed by atoms with Gasteiger partial charge in [-0.05, 0) is 30.5 Å². The van der Waals surface area contributed by atoms with E-state index in [0.717, 1.165) is 10.0 Å². The highest BCUT2D eigenvalue weighted by molar-refractivity contribution is 9.10. The molecule has 0 aliphatic rings. The van der Waals surface area contributed by atoms with Crippen molar-refractivity contribution in [3.05, 3.63) is 34.3 Å². The molecule has 96 valence electrons. The van der Waals surface area contributed by atoms with E-state index in [9.17, 15) is 8.42 Å². The summed E-state index contributed by atoms with van der Waals surface area (Å²) in [5, 5.41) is 0. The Morgan fingerprint density at radius 2 is 1.71 bits per heavy atom. The third-order valence-corrected chi connectivity index (χ3v) is 4.61. The van der Waals surface area contributed by atoms with Crippen molar-refractivity contribution < 1.29 is 8.42 Å². The van der Waals surface area contributed by atoms with E-state index in [4.69, 9.17) is 0 Å². The molecule has 0 spiro atoms. The van der Waals surface area contributed by atoms with Gasteiger partial charge in [0.25, 0.3) is 0 Å². The fourth-order valence-corrected chi connectivity index (χ4v) is 3.08. The Morgan fingerprint density at radius 3 is 2.18 bits per heavy atom. The lowest BCUT2D eigenvalue weighted by molar-refractivity contribution is 0.476. The van der Waals surface area contributed by atoms with Crippen LogP contribution in [-0.4, -0.2) is 14.5 Å². The molecule has 0 aliphatic carbocycles. The second-order valence-electron chi connectivity index (χ2n) is 4.54. The number of hydrogen-bond acceptors (Lipinski definition) is 2. The topological polar surface area (TPSA) is 46.2 Å². The molecule has 1 aromatic rings. The molecule has 3 nitrogen and oxygen atoms in total. The molecule has 17 heavy (non-hydrogen) atoms. The summed E-state index contributed by atoms with van der Waals surface area (Å²) in [6.45, 7) is 5.86. The summed E-state index contributed by atoms with van der Waals surface area (Å²) < 4.78 is 27.4. The highest BCUT2D eigenvalue weighted by Crippen LogP contribution is 2.13. The molecule has 0 unspecified atom stereocenters. The molecule has 1 rings (SSSR count). The Balaban J connectivity index is 2.70. The maximum atomic E-state index is 11.9. The summed E-state index contributed by atoms with van der Waals surface area (Å²) in [4.78, 5) is 0. The van der Waals surface area contributed by atoms with Gasteiger partial charge in [0, 0.05) is 10.5 Å². The summed E-state index contributed by atoms with van der Waals surface area (Å²) in [6.07, 6.45) is 0. The summed E-state index contributed by atoms with van der Waals surface area (Å²) >= 11 is 3.32. The van der Waals surface area contributed by atoms with E-state index in [2.05, 4.69) is 20.7 Å². The fraction of sp³-hybridized carbons (Fsp3) is 0.500. The minimum atomic E-state index is -3.26. The second-order valence-corrected chi connectivity index (χ2v) is 7.21. The monoisotopic (exact) mass is 319 g/mol. The maximum absolute atomic E-state index is 11.9. The number of hydrogen-bond donors (Lipinski definition) is 1. The van der Waals surface area contributed by atoms with Crippen LogP contribution in [0.2, 0.25) is 0 Å². The van der Waals surface area contributed by atoms with E-state index < -0.39 is 10.0 Å². The van der Waals surface area contributed by atoms with E-state index in [1.807, 2.05) is 45.0 Å². The number of sulfonamides is 1. The van der Waals surface area contributed by atoms with Crippen LogP contribution in [0.3, 0.4) is 0 Å². The molecule has 0 radical (unpaired) electrons. The predicted molar refractivity (Wildman–Crippen MR) is 74.2 cm³/mol. The van der Waals surface area contributed by atoms with Gasteiger partial charge in [-0.15, -0.1) is 0 Å². The summed E-state index contributed by atoms with van der Waals surface area (Å²) in [5.41, 5.74) is 0.789. The van der Waals surface area contributed by atoms with Crippen LogP contribution in [-0.2, 0) is 15.8 Å². The summed E-state index contributed by atoms with van der Waals surface area (Å²) in [6, 6.07) is 7.26. The van der Waals surface area contributed by atoms with E-state index in [0.29, 0.717) is 0 Å². The Morgan fingerprint density at radius 1 is 1.18 bits per heavy atom. The summed E-state index contributed by atoms with van der Waals surface area (Å²) in [5.74, 6) is 0.312. The van der Waals surface area contributed by atoms with Crippen LogP contribution < -0.4 is 4.72 Å². The van der Waals surface area contributed by atoms with E-state index >= 15 is 0 Å². The van der Waals surface area contributed by atoms with Crippen LogP contribution >= 0.6 is 15.9 Å². The quantitative estimate of drug-likeness (QED) is 0.907. The van der Waals surface area contributed by atoms with Gasteiger partial charge in [0.15, 0.2) is 0 Å². The molecular formula is C12H18BrNO2S. The molecule has 0 bridgehead atoms. The van der Waals surface area contributed by atoms with Gasteiger partial charge in [0.1, 0.15) is 0 Å². The zero-order valence-electron chi connectivity index (χ0n) is 10.3. The van der Waals surface area contributed by atoms with Crippen molar-refractivity contribution in [1.29, 1.82) is 0 Å². The van der Waals surface area contributed by atoms with Crippen LogP contribution in [0, 0.1) is 5.92 Å². The van der Waals surface area contributed by atoms with Crippen molar-refractivity contribution in [2.45, 2.75) is 32.6 Å². The molecule has 0 heterocycles. The average Bonchev–Trinajstić information content (AvgIpc) is 2.20. The van der Waals surface area contributed by atoms with Crippen molar-refractivity contribution in [3.8, 4) is 0 Å². The van der Waals surface area contributed by atoms with Gasteiger partial charge in [-0.1, -0.05) is 41.9 Å². The van der Waals surface area contributed by atoms with Crippen molar-refractivity contribution in [2.24, 2.45) is 5.92 Å². The van der Waals surface area contributed by atoms with Gasteiger partial charge in [-0.25, -0.2) is 13.1 Å². The molecule has 0 saturated carbocycles. The largest absolute Gasteiger partial charge is 0.216 e. The number of rotatable bonds is 5. The molecule has 0 fully saturated rings. The zero-order valence-corrected chi connectivity index (χ0v) is 12.7. The Kier molecular flexibility index (Phi) is 5.16. The van der Waals surface area contributed by atoms with Crippen molar-refractivity contribution in [3.63, 3.8) is 0 Å². The highest BCUT2D eigenvalue weighted by atomic mass is 79.9. The highest BCUT2D eigenvalue weighted by Gasteiger charge is 2.17. The van der Waals surface area contributed by atoms with Crippen LogP contribution in [0.5, 0.6) is 0 Å². The Labute approximate surface area is 112 Å². The van der Waals surface area contributed by atoms with Gasteiger partial charge in [-0.2, -0.15) is 0 Å². The van der Waals surface area contributed by atoms with Crippen molar-refractivity contribution in [2.75, 3.05) is 0 Å². The molecule has 0 saturated heterocycles. The Hall–Kier alpha value is -0.390. The van der Waals surface area contributed by atoms with Crippen LogP contribution in [0.15, 0.2) is 28.7 Å². The number of nitrogens with one attached hydrogen (secondary N) is 1. The minimum Gasteiger partial charge on any atom is -0.212 e. The summed E-state index contributed by atoms with van der Waals surface area (Å²) in [7, 11) is -3.26. The molecule has 0 amide bonds. The van der Waals surface area contributed by atoms with Crippen LogP contribution in [0.4, 0.5) is 0 Å². The average molecular weight is 320 g/mol. The molecule has 1 N–H and O–H groups in total. The second kappa shape index (κ2) is 5.98. The Bertz CT molecular complexity index is 454. The molecule has 0 aliphatic heterocycles. The fourth-order valence-electron chi connectivity index (χ4n) is 1.26. The third kappa shape index (κ3) is 5.19. The first kappa shape index (κ1) is 14.7. The first-order valence-corrected chi connectivity index (χ1v) is 7.99.